The molecule has 0 radical (unpaired) electrons. The van der Waals surface area contributed by atoms with Gasteiger partial charge in [0.15, 0.2) is 12.5 Å². The van der Waals surface area contributed by atoms with Crippen LogP contribution in [0.5, 0.6) is 0 Å². The summed E-state index contributed by atoms with van der Waals surface area (Å²) in [7, 11) is 0. The predicted octanol–water partition coefficient (Wildman–Crippen LogP) is 2.64. The van der Waals surface area contributed by atoms with E-state index in [1.165, 1.54) is 10.1 Å². The van der Waals surface area contributed by atoms with Crippen molar-refractivity contribution >= 4 is 12.1 Å². The summed E-state index contributed by atoms with van der Waals surface area (Å²) in [6.45, 7) is 9.56. The Hall–Kier alpha value is -2.00. The smallest absolute Gasteiger partial charge is 0.426 e. The van der Waals surface area contributed by atoms with E-state index < -0.39 is 24.0 Å². The molecule has 2 aliphatic heterocycles. The summed E-state index contributed by atoms with van der Waals surface area (Å²) in [4.78, 5) is 29.3. The fraction of sp³-hybridized carbons (Fsp3) is 0.778. The van der Waals surface area contributed by atoms with Crippen LogP contribution in [0.25, 0.3) is 0 Å². The lowest BCUT2D eigenvalue weighted by molar-refractivity contribution is -0.239. The van der Waals surface area contributed by atoms with Crippen LogP contribution >= 0.6 is 0 Å². The normalized spacial score (nSPS) is 23.9. The van der Waals surface area contributed by atoms with Crippen LogP contribution < -0.4 is 5.43 Å². The minimum absolute atomic E-state index is 0.234. The van der Waals surface area contributed by atoms with Gasteiger partial charge in [0.2, 0.25) is 0 Å². The average Bonchev–Trinajstić information content (AvgIpc) is 2.96. The zero-order valence-corrected chi connectivity index (χ0v) is 16.8. The molecule has 1 fully saturated rings. The number of hydroxylamine groups is 2. The second-order valence-electron chi connectivity index (χ2n) is 7.55. The van der Waals surface area contributed by atoms with Crippen molar-refractivity contribution in [2.75, 3.05) is 6.61 Å². The molecule has 2 rings (SSSR count). The molecule has 0 aliphatic carbocycles. The van der Waals surface area contributed by atoms with Crippen molar-refractivity contribution in [3.8, 4) is 0 Å². The van der Waals surface area contributed by atoms with Gasteiger partial charge < -0.3 is 19.0 Å². The monoisotopic (exact) mass is 385 g/mol. The molecule has 1 unspecified atom stereocenters. The third-order valence-corrected chi connectivity index (χ3v) is 3.96. The number of nitrogens with one attached hydrogen (secondary N) is 1. The number of hydrazine groups is 1. The summed E-state index contributed by atoms with van der Waals surface area (Å²) in [5.74, 6) is -0.384. The van der Waals surface area contributed by atoms with Gasteiger partial charge in [-0.25, -0.2) is 15.0 Å². The van der Waals surface area contributed by atoms with Crippen LogP contribution in [0.15, 0.2) is 12.4 Å². The summed E-state index contributed by atoms with van der Waals surface area (Å²) in [6, 6.07) is 0. The summed E-state index contributed by atoms with van der Waals surface area (Å²) < 4.78 is 16.9. The van der Waals surface area contributed by atoms with Gasteiger partial charge in [0.25, 0.3) is 0 Å². The van der Waals surface area contributed by atoms with E-state index >= 15 is 0 Å². The first-order valence-electron chi connectivity index (χ1n) is 9.42. The largest absolute Gasteiger partial charge is 0.443 e. The molecule has 9 nitrogen and oxygen atoms in total. The van der Waals surface area contributed by atoms with Gasteiger partial charge in [-0.15, -0.1) is 0 Å². The molecular weight excluding hydrogens is 354 g/mol. The van der Waals surface area contributed by atoms with Crippen molar-refractivity contribution in [2.24, 2.45) is 0 Å². The maximum Gasteiger partial charge on any atom is 0.426 e. The second-order valence-corrected chi connectivity index (χ2v) is 7.55. The standard InChI is InChI=1S/C18H31N3O6/c1-6-14(22)27-21-11-10-20(19-17(23)26-18(3,4)5)16(21)13(2)25-15-9-7-8-12-24-15/h10-11,13,15-16H,6-9,12H2,1-5H3,(H,19,23)/t13-,15?,16+/m0/s1. The maximum absolute atomic E-state index is 12.2. The fourth-order valence-corrected chi connectivity index (χ4v) is 2.77. The van der Waals surface area contributed by atoms with E-state index in [1.54, 1.807) is 40.1 Å². The van der Waals surface area contributed by atoms with Crippen molar-refractivity contribution in [3.05, 3.63) is 12.4 Å². The molecule has 2 aliphatic rings. The zero-order chi connectivity index (χ0) is 20.0. The van der Waals surface area contributed by atoms with Gasteiger partial charge in [0.05, 0.1) is 6.20 Å². The number of rotatable bonds is 6. The van der Waals surface area contributed by atoms with Gasteiger partial charge in [-0.1, -0.05) is 6.92 Å². The molecule has 1 saturated heterocycles. The van der Waals surface area contributed by atoms with Gasteiger partial charge in [-0.2, -0.15) is 5.06 Å². The zero-order valence-electron chi connectivity index (χ0n) is 16.8. The third-order valence-electron chi connectivity index (χ3n) is 3.96. The number of hydrogen-bond donors (Lipinski definition) is 1. The van der Waals surface area contributed by atoms with Crippen LogP contribution in [0.3, 0.4) is 0 Å². The Morgan fingerprint density at radius 3 is 2.63 bits per heavy atom. The highest BCUT2D eigenvalue weighted by molar-refractivity contribution is 5.69. The SMILES string of the molecule is CCC(=O)ON1C=CN(NC(=O)OC(C)(C)C)[C@H]1[C@H](C)OC1CCCCO1. The van der Waals surface area contributed by atoms with Crippen LogP contribution in [-0.4, -0.2) is 52.9 Å². The minimum Gasteiger partial charge on any atom is -0.443 e. The van der Waals surface area contributed by atoms with Gasteiger partial charge in [-0.3, -0.25) is 5.01 Å². The minimum atomic E-state index is -0.630. The Kier molecular flexibility index (Phi) is 7.32. The molecule has 27 heavy (non-hydrogen) atoms. The van der Waals surface area contributed by atoms with Crippen molar-refractivity contribution in [2.45, 2.75) is 84.5 Å². The van der Waals surface area contributed by atoms with Crippen LogP contribution in [-0.2, 0) is 23.8 Å². The fourth-order valence-electron chi connectivity index (χ4n) is 2.77. The van der Waals surface area contributed by atoms with Gasteiger partial charge in [-0.05, 0) is 47.0 Å². The highest BCUT2D eigenvalue weighted by atomic mass is 16.7. The summed E-state index contributed by atoms with van der Waals surface area (Å²) in [6.07, 6.45) is 4.32. The lowest BCUT2D eigenvalue weighted by Gasteiger charge is -2.37. The number of nitrogens with zero attached hydrogens (tertiary/aromatic N) is 2. The summed E-state index contributed by atoms with van der Waals surface area (Å²) in [5.41, 5.74) is 2.03. The highest BCUT2D eigenvalue weighted by Crippen LogP contribution is 2.24. The average molecular weight is 385 g/mol. The van der Waals surface area contributed by atoms with E-state index in [0.29, 0.717) is 6.61 Å². The highest BCUT2D eigenvalue weighted by Gasteiger charge is 2.38. The Morgan fingerprint density at radius 2 is 2.04 bits per heavy atom. The molecule has 0 aromatic heterocycles. The Bertz CT molecular complexity index is 542. The number of ether oxygens (including phenoxy) is 3. The van der Waals surface area contributed by atoms with Crippen molar-refractivity contribution in [1.29, 1.82) is 0 Å². The molecule has 2 heterocycles. The van der Waals surface area contributed by atoms with Gasteiger partial charge in [0.1, 0.15) is 11.7 Å². The second kappa shape index (κ2) is 9.27. The molecule has 3 atom stereocenters. The molecular formula is C18H31N3O6. The van der Waals surface area contributed by atoms with Crippen molar-refractivity contribution in [1.82, 2.24) is 15.5 Å². The van der Waals surface area contributed by atoms with E-state index in [1.807, 2.05) is 6.92 Å². The van der Waals surface area contributed by atoms with E-state index in [9.17, 15) is 9.59 Å². The quantitative estimate of drug-likeness (QED) is 0.746. The lowest BCUT2D eigenvalue weighted by Crippen LogP contribution is -2.55. The van der Waals surface area contributed by atoms with Crippen LogP contribution in [0.4, 0.5) is 4.79 Å². The molecule has 0 aromatic carbocycles. The summed E-state index contributed by atoms with van der Waals surface area (Å²) >= 11 is 0. The van der Waals surface area contributed by atoms with E-state index in [-0.39, 0.29) is 18.7 Å². The Balaban J connectivity index is 2.05. The first-order valence-corrected chi connectivity index (χ1v) is 9.42. The Morgan fingerprint density at radius 1 is 1.30 bits per heavy atom. The maximum atomic E-state index is 12.2. The molecule has 9 heteroatoms. The molecule has 0 spiro atoms. The molecule has 1 N–H and O–H groups in total. The van der Waals surface area contributed by atoms with Gasteiger partial charge in [0, 0.05) is 19.2 Å². The van der Waals surface area contributed by atoms with Crippen LogP contribution in [0, 0.1) is 0 Å². The first-order chi connectivity index (χ1) is 12.7. The molecule has 0 bridgehead atoms. The first kappa shape index (κ1) is 21.3. The number of carbonyl (C=O) groups excluding carboxylic acids is 2. The van der Waals surface area contributed by atoms with E-state index in [4.69, 9.17) is 19.0 Å². The van der Waals surface area contributed by atoms with E-state index in [0.717, 1.165) is 19.3 Å². The number of amides is 1. The van der Waals surface area contributed by atoms with Crippen LogP contribution in [0.1, 0.15) is 60.3 Å². The van der Waals surface area contributed by atoms with Crippen LogP contribution in [0.2, 0.25) is 0 Å². The molecule has 0 aromatic rings. The van der Waals surface area contributed by atoms with Crippen molar-refractivity contribution < 1.29 is 28.6 Å². The lowest BCUT2D eigenvalue weighted by atomic mass is 10.2. The summed E-state index contributed by atoms with van der Waals surface area (Å²) in [5, 5.41) is 2.88. The predicted molar refractivity (Wildman–Crippen MR) is 96.5 cm³/mol. The van der Waals surface area contributed by atoms with Crippen molar-refractivity contribution in [3.63, 3.8) is 0 Å². The van der Waals surface area contributed by atoms with E-state index in [2.05, 4.69) is 5.43 Å². The molecule has 154 valence electrons. The third kappa shape index (κ3) is 6.59. The molecule has 1 amide bonds. The number of hydrogen-bond acceptors (Lipinski definition) is 8. The van der Waals surface area contributed by atoms with Gasteiger partial charge >= 0.3 is 12.1 Å². The Labute approximate surface area is 160 Å². The topological polar surface area (TPSA) is 89.6 Å². The molecule has 0 saturated carbocycles. The number of carbonyl (C=O) groups is 2.